The van der Waals surface area contributed by atoms with Crippen molar-refractivity contribution in [3.63, 3.8) is 0 Å². The molecule has 0 radical (unpaired) electrons. The molecule has 5 heteroatoms. The molecule has 1 aliphatic rings. The Bertz CT molecular complexity index is 1130. The van der Waals surface area contributed by atoms with Gasteiger partial charge in [0.15, 0.2) is 5.72 Å². The van der Waals surface area contributed by atoms with Gasteiger partial charge in [0.1, 0.15) is 0 Å². The van der Waals surface area contributed by atoms with Crippen LogP contribution in [0.25, 0.3) is 0 Å². The molecular weight excluding hydrogens is 374 g/mol. The summed E-state index contributed by atoms with van der Waals surface area (Å²) in [5.74, 6) is 0. The van der Waals surface area contributed by atoms with Gasteiger partial charge in [0, 0.05) is 16.9 Å². The van der Waals surface area contributed by atoms with E-state index in [2.05, 4.69) is 6.07 Å². The lowest BCUT2D eigenvalue weighted by molar-refractivity contribution is 0.0372. The van der Waals surface area contributed by atoms with Gasteiger partial charge in [-0.2, -0.15) is 5.26 Å². The number of aliphatic hydroxyl groups is 1. The molecule has 0 spiro atoms. The predicted octanol–water partition coefficient (Wildman–Crippen LogP) is 4.86. The van der Waals surface area contributed by atoms with Gasteiger partial charge in [-0.3, -0.25) is 9.80 Å². The fourth-order valence-electron chi connectivity index (χ4n) is 4.01. The summed E-state index contributed by atoms with van der Waals surface area (Å²) < 4.78 is 0. The number of aryl methyl sites for hydroxylation is 2. The van der Waals surface area contributed by atoms with Gasteiger partial charge < -0.3 is 5.11 Å². The fourth-order valence-corrected chi connectivity index (χ4v) is 4.01. The molecule has 0 aliphatic carbocycles. The van der Waals surface area contributed by atoms with Crippen molar-refractivity contribution in [2.45, 2.75) is 32.5 Å². The van der Waals surface area contributed by atoms with E-state index in [1.165, 1.54) is 4.90 Å². The minimum Gasteiger partial charge on any atom is -0.365 e. The molecule has 5 nitrogen and oxygen atoms in total. The first-order valence-corrected chi connectivity index (χ1v) is 9.86. The number of hydrogen-bond donors (Lipinski definition) is 1. The fraction of sp³-hybridized carbons (Fsp3) is 0.200. The number of urea groups is 1. The number of hydrogen-bond acceptors (Lipinski definition) is 3. The third-order valence-electron chi connectivity index (χ3n) is 5.73. The van der Waals surface area contributed by atoms with E-state index in [4.69, 9.17) is 0 Å². The van der Waals surface area contributed by atoms with Crippen molar-refractivity contribution in [1.82, 2.24) is 0 Å². The third kappa shape index (κ3) is 3.02. The molecule has 3 aromatic carbocycles. The highest BCUT2D eigenvalue weighted by Gasteiger charge is 2.56. The van der Waals surface area contributed by atoms with E-state index in [9.17, 15) is 15.2 Å². The molecule has 1 aliphatic heterocycles. The van der Waals surface area contributed by atoms with Crippen molar-refractivity contribution in [2.75, 3.05) is 9.80 Å². The van der Waals surface area contributed by atoms with E-state index >= 15 is 0 Å². The van der Waals surface area contributed by atoms with Crippen LogP contribution >= 0.6 is 0 Å². The summed E-state index contributed by atoms with van der Waals surface area (Å²) in [5, 5.41) is 21.4. The van der Waals surface area contributed by atoms with Crippen LogP contribution in [-0.4, -0.2) is 17.2 Å². The average Bonchev–Trinajstić information content (AvgIpc) is 2.96. The van der Waals surface area contributed by atoms with Crippen LogP contribution in [0, 0.1) is 25.2 Å². The lowest BCUT2D eigenvalue weighted by atomic mass is 9.93. The molecule has 2 atom stereocenters. The number of anilines is 2. The third-order valence-corrected chi connectivity index (χ3v) is 5.73. The van der Waals surface area contributed by atoms with E-state index in [-0.39, 0.29) is 6.03 Å². The second-order valence-corrected chi connectivity index (χ2v) is 7.75. The normalized spacial score (nSPS) is 21.0. The summed E-state index contributed by atoms with van der Waals surface area (Å²) >= 11 is 0. The largest absolute Gasteiger partial charge is 0.365 e. The zero-order chi connectivity index (χ0) is 21.5. The second kappa shape index (κ2) is 7.33. The maximum Gasteiger partial charge on any atom is 0.332 e. The van der Waals surface area contributed by atoms with Crippen LogP contribution < -0.4 is 9.80 Å². The summed E-state index contributed by atoms with van der Waals surface area (Å²) in [7, 11) is 0. The molecule has 30 heavy (non-hydrogen) atoms. The van der Waals surface area contributed by atoms with Crippen LogP contribution in [0.5, 0.6) is 0 Å². The van der Waals surface area contributed by atoms with E-state index < -0.39 is 11.8 Å². The molecule has 4 rings (SSSR count). The average molecular weight is 397 g/mol. The van der Waals surface area contributed by atoms with Gasteiger partial charge in [0.2, 0.25) is 0 Å². The van der Waals surface area contributed by atoms with E-state index in [1.54, 1.807) is 29.2 Å². The molecular formula is C25H23N3O2. The number of carbonyl (C=O) groups is 1. The minimum absolute atomic E-state index is 0.319. The maximum absolute atomic E-state index is 13.7. The highest BCUT2D eigenvalue weighted by Crippen LogP contribution is 2.44. The Hall–Kier alpha value is -3.62. The molecule has 2 amide bonds. The SMILES string of the molecule is Cc1ccc(N2C(=O)N(c3ccc(C)cc3)C(O)(c3cccc(C#N)c3)[C@H]2C)cc1. The summed E-state index contributed by atoms with van der Waals surface area (Å²) in [4.78, 5) is 16.7. The van der Waals surface area contributed by atoms with E-state index in [0.29, 0.717) is 22.5 Å². The minimum atomic E-state index is -1.65. The maximum atomic E-state index is 13.7. The van der Waals surface area contributed by atoms with Crippen LogP contribution in [-0.2, 0) is 5.72 Å². The van der Waals surface area contributed by atoms with E-state index in [0.717, 1.165) is 11.1 Å². The Balaban J connectivity index is 1.91. The predicted molar refractivity (Wildman–Crippen MR) is 117 cm³/mol. The van der Waals surface area contributed by atoms with Gasteiger partial charge in [0.25, 0.3) is 0 Å². The molecule has 1 heterocycles. The number of carbonyl (C=O) groups excluding carboxylic acids is 1. The number of nitriles is 1. The lowest BCUT2D eigenvalue weighted by Crippen LogP contribution is -2.48. The van der Waals surface area contributed by atoms with Crippen molar-refractivity contribution in [3.05, 3.63) is 95.1 Å². The van der Waals surface area contributed by atoms with Gasteiger partial charge in [-0.25, -0.2) is 4.79 Å². The highest BCUT2D eigenvalue weighted by atomic mass is 16.3. The molecule has 1 unspecified atom stereocenters. The van der Waals surface area contributed by atoms with Crippen LogP contribution in [0.3, 0.4) is 0 Å². The van der Waals surface area contributed by atoms with Gasteiger partial charge in [0.05, 0.1) is 17.7 Å². The molecule has 1 N–H and O–H groups in total. The summed E-state index contributed by atoms with van der Waals surface area (Å²) in [6, 6.07) is 23.1. The van der Waals surface area contributed by atoms with Crippen molar-refractivity contribution < 1.29 is 9.90 Å². The molecule has 0 saturated carbocycles. The van der Waals surface area contributed by atoms with Crippen LogP contribution in [0.15, 0.2) is 72.8 Å². The summed E-state index contributed by atoms with van der Waals surface area (Å²) in [6.07, 6.45) is 0. The van der Waals surface area contributed by atoms with Crippen molar-refractivity contribution in [3.8, 4) is 6.07 Å². The molecule has 0 aromatic heterocycles. The monoisotopic (exact) mass is 397 g/mol. The van der Waals surface area contributed by atoms with Gasteiger partial charge >= 0.3 is 6.03 Å². The lowest BCUT2D eigenvalue weighted by Gasteiger charge is -2.35. The zero-order valence-corrected chi connectivity index (χ0v) is 17.2. The molecule has 0 bridgehead atoms. The Morgan fingerprint density at radius 1 is 0.933 bits per heavy atom. The standard InChI is InChI=1S/C25H23N3O2/c1-17-7-11-22(12-8-17)27-19(3)25(30,21-6-4-5-20(15-21)16-26)28(24(27)29)23-13-9-18(2)10-14-23/h4-15,19,30H,1-3H3/t19-,25?/m1/s1. The first-order chi connectivity index (χ1) is 14.4. The van der Waals surface area contributed by atoms with Gasteiger partial charge in [-0.15, -0.1) is 0 Å². The van der Waals surface area contributed by atoms with Crippen molar-refractivity contribution in [2.24, 2.45) is 0 Å². The Labute approximate surface area is 176 Å². The summed E-state index contributed by atoms with van der Waals surface area (Å²) in [6.45, 7) is 5.78. The molecule has 1 saturated heterocycles. The Morgan fingerprint density at radius 2 is 1.50 bits per heavy atom. The quantitative estimate of drug-likeness (QED) is 0.687. The van der Waals surface area contributed by atoms with Crippen LogP contribution in [0.1, 0.15) is 29.2 Å². The van der Waals surface area contributed by atoms with Crippen LogP contribution in [0.2, 0.25) is 0 Å². The number of nitrogens with zero attached hydrogens (tertiary/aromatic N) is 3. The topological polar surface area (TPSA) is 67.6 Å². The Morgan fingerprint density at radius 3 is 2.07 bits per heavy atom. The van der Waals surface area contributed by atoms with Gasteiger partial charge in [-0.1, -0.05) is 47.5 Å². The number of rotatable bonds is 3. The van der Waals surface area contributed by atoms with E-state index in [1.807, 2.05) is 69.3 Å². The van der Waals surface area contributed by atoms with Crippen LogP contribution in [0.4, 0.5) is 16.2 Å². The highest BCUT2D eigenvalue weighted by molar-refractivity contribution is 6.08. The molecule has 150 valence electrons. The molecule has 1 fully saturated rings. The molecule has 3 aromatic rings. The first-order valence-electron chi connectivity index (χ1n) is 9.86. The first kappa shape index (κ1) is 19.7. The smallest absolute Gasteiger partial charge is 0.332 e. The van der Waals surface area contributed by atoms with Crippen molar-refractivity contribution >= 4 is 17.4 Å². The van der Waals surface area contributed by atoms with Gasteiger partial charge in [-0.05, 0) is 57.2 Å². The van der Waals surface area contributed by atoms with Crippen molar-refractivity contribution in [1.29, 1.82) is 5.26 Å². The summed E-state index contributed by atoms with van der Waals surface area (Å²) in [5.41, 5.74) is 2.73. The number of benzene rings is 3. The zero-order valence-electron chi connectivity index (χ0n) is 17.2. The Kier molecular flexibility index (Phi) is 4.81. The second-order valence-electron chi connectivity index (χ2n) is 7.75. The number of amides is 2.